The molecule has 1 aromatic carbocycles. The van der Waals surface area contributed by atoms with Gasteiger partial charge in [-0.1, -0.05) is 17.7 Å². The summed E-state index contributed by atoms with van der Waals surface area (Å²) in [5, 5.41) is 8.16. The zero-order chi connectivity index (χ0) is 17.6. The highest BCUT2D eigenvalue weighted by atomic mass is 35.5. The normalized spacial score (nSPS) is 11.8. The van der Waals surface area contributed by atoms with Gasteiger partial charge >= 0.3 is 6.03 Å². The Bertz CT molecular complexity index is 785. The van der Waals surface area contributed by atoms with Crippen molar-refractivity contribution in [2.75, 3.05) is 19.0 Å². The summed E-state index contributed by atoms with van der Waals surface area (Å²) in [7, 11) is 1.54. The molecule has 3 aromatic rings. The van der Waals surface area contributed by atoms with Gasteiger partial charge < -0.3 is 19.8 Å². The molecule has 5 nitrogen and oxygen atoms in total. The monoisotopic (exact) mass is 376 g/mol. The number of benzene rings is 1. The predicted molar refractivity (Wildman–Crippen MR) is 99.9 cm³/mol. The second kappa shape index (κ2) is 8.09. The number of furan rings is 1. The fourth-order valence-electron chi connectivity index (χ4n) is 2.46. The summed E-state index contributed by atoms with van der Waals surface area (Å²) in [4.78, 5) is 13.4. The van der Waals surface area contributed by atoms with E-state index in [0.29, 0.717) is 23.0 Å². The summed E-state index contributed by atoms with van der Waals surface area (Å²) < 4.78 is 10.7. The SMILES string of the molecule is COc1ccc(Cl)cc1NC(=O)NC[C@H](c1ccco1)c1cccs1. The van der Waals surface area contributed by atoms with Gasteiger partial charge in [0.05, 0.1) is 25.0 Å². The van der Waals surface area contributed by atoms with E-state index in [1.54, 1.807) is 35.8 Å². The minimum Gasteiger partial charge on any atom is -0.495 e. The van der Waals surface area contributed by atoms with Crippen molar-refractivity contribution in [3.8, 4) is 5.75 Å². The van der Waals surface area contributed by atoms with E-state index in [4.69, 9.17) is 20.8 Å². The zero-order valence-electron chi connectivity index (χ0n) is 13.5. The average Bonchev–Trinajstić information content (AvgIpc) is 3.29. The molecule has 130 valence electrons. The number of rotatable bonds is 6. The zero-order valence-corrected chi connectivity index (χ0v) is 15.1. The molecule has 1 atom stereocenters. The summed E-state index contributed by atoms with van der Waals surface area (Å²) in [6.07, 6.45) is 1.63. The molecular weight excluding hydrogens is 360 g/mol. The minimum absolute atomic E-state index is 0.0398. The van der Waals surface area contributed by atoms with Gasteiger partial charge in [-0.3, -0.25) is 0 Å². The molecule has 2 N–H and O–H groups in total. The van der Waals surface area contributed by atoms with E-state index in [1.165, 1.54) is 7.11 Å². The number of anilines is 1. The van der Waals surface area contributed by atoms with Crippen molar-refractivity contribution in [1.29, 1.82) is 0 Å². The molecule has 0 unspecified atom stereocenters. The molecule has 0 aliphatic rings. The van der Waals surface area contributed by atoms with Crippen molar-refractivity contribution in [3.05, 3.63) is 69.8 Å². The number of carbonyl (C=O) groups is 1. The van der Waals surface area contributed by atoms with Crippen LogP contribution in [0.15, 0.2) is 58.5 Å². The summed E-state index contributed by atoms with van der Waals surface area (Å²) in [6.45, 7) is 0.405. The van der Waals surface area contributed by atoms with Crippen LogP contribution in [0, 0.1) is 0 Å². The number of nitrogens with one attached hydrogen (secondary N) is 2. The molecule has 0 saturated carbocycles. The first-order chi connectivity index (χ1) is 12.2. The molecular formula is C18H17ClN2O3S. The Balaban J connectivity index is 1.67. The van der Waals surface area contributed by atoms with Crippen LogP contribution in [0.1, 0.15) is 16.6 Å². The molecule has 0 aliphatic carbocycles. The molecule has 0 radical (unpaired) electrons. The van der Waals surface area contributed by atoms with Crippen LogP contribution in [-0.4, -0.2) is 19.7 Å². The maximum atomic E-state index is 12.3. The molecule has 0 bridgehead atoms. The van der Waals surface area contributed by atoms with Crippen LogP contribution in [-0.2, 0) is 0 Å². The Labute approximate surface area is 154 Å². The molecule has 2 amide bonds. The number of amides is 2. The van der Waals surface area contributed by atoms with Gasteiger partial charge in [0, 0.05) is 16.4 Å². The average molecular weight is 377 g/mol. The van der Waals surface area contributed by atoms with Crippen LogP contribution in [0.4, 0.5) is 10.5 Å². The summed E-state index contributed by atoms with van der Waals surface area (Å²) in [5.74, 6) is 1.31. The number of carbonyl (C=O) groups excluding carboxylic acids is 1. The first-order valence-corrected chi connectivity index (χ1v) is 8.88. The number of halogens is 1. The van der Waals surface area contributed by atoms with Gasteiger partial charge in [0.15, 0.2) is 0 Å². The van der Waals surface area contributed by atoms with Crippen LogP contribution in [0.3, 0.4) is 0 Å². The number of ether oxygens (including phenoxy) is 1. The maximum Gasteiger partial charge on any atom is 0.319 e. The maximum absolute atomic E-state index is 12.3. The Morgan fingerprint density at radius 1 is 1.32 bits per heavy atom. The van der Waals surface area contributed by atoms with Crippen LogP contribution in [0.5, 0.6) is 5.75 Å². The van der Waals surface area contributed by atoms with E-state index in [2.05, 4.69) is 10.6 Å². The number of urea groups is 1. The van der Waals surface area contributed by atoms with Gasteiger partial charge in [-0.15, -0.1) is 11.3 Å². The van der Waals surface area contributed by atoms with E-state index in [1.807, 2.05) is 29.6 Å². The van der Waals surface area contributed by atoms with Gasteiger partial charge in [0.25, 0.3) is 0 Å². The topological polar surface area (TPSA) is 63.5 Å². The Hall–Kier alpha value is -2.44. The Morgan fingerprint density at radius 2 is 2.20 bits per heavy atom. The van der Waals surface area contributed by atoms with Gasteiger partial charge in [-0.25, -0.2) is 4.79 Å². The lowest BCUT2D eigenvalue weighted by molar-refractivity contribution is 0.251. The standard InChI is InChI=1S/C18H17ClN2O3S/c1-23-16-7-6-12(19)10-14(16)21-18(22)20-11-13(15-4-2-8-24-15)17-5-3-9-25-17/h2-10,13H,11H2,1H3,(H2,20,21,22)/t13-/m1/s1. The second-order valence-electron chi connectivity index (χ2n) is 5.26. The highest BCUT2D eigenvalue weighted by Gasteiger charge is 2.19. The van der Waals surface area contributed by atoms with Crippen LogP contribution in [0.25, 0.3) is 0 Å². The van der Waals surface area contributed by atoms with Crippen LogP contribution in [0.2, 0.25) is 5.02 Å². The molecule has 0 aliphatic heterocycles. The molecule has 2 heterocycles. The molecule has 3 rings (SSSR count). The van der Waals surface area contributed by atoms with Crippen molar-refractivity contribution in [1.82, 2.24) is 5.32 Å². The first kappa shape index (κ1) is 17.4. The fourth-order valence-corrected chi connectivity index (χ4v) is 3.47. The van der Waals surface area contributed by atoms with Gasteiger partial charge in [-0.05, 0) is 41.8 Å². The second-order valence-corrected chi connectivity index (χ2v) is 6.68. The van der Waals surface area contributed by atoms with Crippen molar-refractivity contribution in [2.45, 2.75) is 5.92 Å². The third kappa shape index (κ3) is 4.35. The predicted octanol–water partition coefficient (Wildman–Crippen LogP) is 4.96. The van der Waals surface area contributed by atoms with Crippen LogP contribution >= 0.6 is 22.9 Å². The summed E-state index contributed by atoms with van der Waals surface area (Å²) >= 11 is 7.61. The molecule has 25 heavy (non-hydrogen) atoms. The van der Waals surface area contributed by atoms with Crippen molar-refractivity contribution < 1.29 is 13.9 Å². The van der Waals surface area contributed by atoms with Crippen LogP contribution < -0.4 is 15.4 Å². The van der Waals surface area contributed by atoms with Gasteiger partial charge in [-0.2, -0.15) is 0 Å². The number of hydrogen-bond donors (Lipinski definition) is 2. The van der Waals surface area contributed by atoms with Crippen molar-refractivity contribution in [2.24, 2.45) is 0 Å². The highest BCUT2D eigenvalue weighted by Crippen LogP contribution is 2.29. The van der Waals surface area contributed by atoms with E-state index < -0.39 is 0 Å². The smallest absolute Gasteiger partial charge is 0.319 e. The first-order valence-electron chi connectivity index (χ1n) is 7.62. The van der Waals surface area contributed by atoms with E-state index in [9.17, 15) is 4.79 Å². The lowest BCUT2D eigenvalue weighted by Crippen LogP contribution is -2.32. The highest BCUT2D eigenvalue weighted by molar-refractivity contribution is 7.10. The molecule has 0 spiro atoms. The summed E-state index contributed by atoms with van der Waals surface area (Å²) in [5.41, 5.74) is 0.512. The fraction of sp³-hybridized carbons (Fsp3) is 0.167. The molecule has 2 aromatic heterocycles. The van der Waals surface area contributed by atoms with E-state index in [-0.39, 0.29) is 11.9 Å². The lowest BCUT2D eigenvalue weighted by atomic mass is 10.1. The van der Waals surface area contributed by atoms with Crippen molar-refractivity contribution >= 4 is 34.7 Å². The van der Waals surface area contributed by atoms with E-state index in [0.717, 1.165) is 10.6 Å². The van der Waals surface area contributed by atoms with Crippen molar-refractivity contribution in [3.63, 3.8) is 0 Å². The third-order valence-electron chi connectivity index (χ3n) is 3.65. The van der Waals surface area contributed by atoms with E-state index >= 15 is 0 Å². The third-order valence-corrected chi connectivity index (χ3v) is 4.87. The molecule has 0 fully saturated rings. The largest absolute Gasteiger partial charge is 0.495 e. The van der Waals surface area contributed by atoms with Gasteiger partial charge in [0.1, 0.15) is 11.5 Å². The quantitative estimate of drug-likeness (QED) is 0.639. The minimum atomic E-state index is -0.339. The Kier molecular flexibility index (Phi) is 5.63. The summed E-state index contributed by atoms with van der Waals surface area (Å²) in [6, 6.07) is 12.5. The number of thiophene rings is 1. The Morgan fingerprint density at radius 3 is 2.88 bits per heavy atom. The number of hydrogen-bond acceptors (Lipinski definition) is 4. The molecule has 0 saturated heterocycles. The number of methoxy groups -OCH3 is 1. The lowest BCUT2D eigenvalue weighted by Gasteiger charge is -2.15. The van der Waals surface area contributed by atoms with Gasteiger partial charge in [0.2, 0.25) is 0 Å². The molecule has 7 heteroatoms.